The van der Waals surface area contributed by atoms with E-state index in [1.807, 2.05) is 18.2 Å². The van der Waals surface area contributed by atoms with Gasteiger partial charge in [0.25, 0.3) is 5.78 Å². The fourth-order valence-corrected chi connectivity index (χ4v) is 2.15. The molecule has 0 saturated heterocycles. The number of fused-ring (bicyclic) bond motifs is 1. The predicted molar refractivity (Wildman–Crippen MR) is 73.6 cm³/mol. The third-order valence-electron chi connectivity index (χ3n) is 3.29. The molecule has 2 aromatic rings. The number of hydrogen-bond donors (Lipinski definition) is 1. The van der Waals surface area contributed by atoms with E-state index in [0.29, 0.717) is 5.39 Å². The standard InChI is InChI=1S/C15H17NO3/c1-15(2,3)9-5-6-12-10(7-9)11(8-16(12)4)13(17)14(18)19/h5-8H,1-4H3,(H,18,19). The maximum atomic E-state index is 11.7. The molecule has 0 spiro atoms. The zero-order chi connectivity index (χ0) is 14.4. The lowest BCUT2D eigenvalue weighted by atomic mass is 9.86. The maximum Gasteiger partial charge on any atom is 0.377 e. The molecule has 1 aromatic heterocycles. The van der Waals surface area contributed by atoms with Gasteiger partial charge in [-0.25, -0.2) is 4.79 Å². The summed E-state index contributed by atoms with van der Waals surface area (Å²) in [5.41, 5.74) is 2.13. The van der Waals surface area contributed by atoms with Crippen LogP contribution in [0.4, 0.5) is 0 Å². The third kappa shape index (κ3) is 2.26. The highest BCUT2D eigenvalue weighted by molar-refractivity contribution is 6.42. The van der Waals surface area contributed by atoms with Gasteiger partial charge in [0, 0.05) is 24.1 Å². The second-order valence-electron chi connectivity index (χ2n) is 5.77. The number of aromatic nitrogens is 1. The molecule has 2 rings (SSSR count). The molecule has 0 radical (unpaired) electrons. The van der Waals surface area contributed by atoms with Gasteiger partial charge in [-0.2, -0.15) is 0 Å². The van der Waals surface area contributed by atoms with Crippen LogP contribution < -0.4 is 0 Å². The first-order chi connectivity index (χ1) is 8.71. The number of aryl methyl sites for hydroxylation is 1. The van der Waals surface area contributed by atoms with Gasteiger partial charge >= 0.3 is 5.97 Å². The molecule has 4 nitrogen and oxygen atoms in total. The minimum atomic E-state index is -1.42. The van der Waals surface area contributed by atoms with E-state index >= 15 is 0 Å². The quantitative estimate of drug-likeness (QED) is 0.666. The molecule has 0 aliphatic rings. The van der Waals surface area contributed by atoms with Gasteiger partial charge in [0.05, 0.1) is 5.56 Å². The van der Waals surface area contributed by atoms with Gasteiger partial charge in [0.1, 0.15) is 0 Å². The Kier molecular flexibility index (Phi) is 2.97. The lowest BCUT2D eigenvalue weighted by molar-refractivity contribution is -0.131. The molecule has 0 saturated carbocycles. The van der Waals surface area contributed by atoms with Crippen LogP contribution in [0, 0.1) is 0 Å². The monoisotopic (exact) mass is 259 g/mol. The van der Waals surface area contributed by atoms with Crippen molar-refractivity contribution in [3.63, 3.8) is 0 Å². The van der Waals surface area contributed by atoms with Crippen LogP contribution in [0.15, 0.2) is 24.4 Å². The molecule has 100 valence electrons. The molecular weight excluding hydrogens is 242 g/mol. The van der Waals surface area contributed by atoms with Gasteiger partial charge in [-0.3, -0.25) is 4.79 Å². The molecule has 0 amide bonds. The summed E-state index contributed by atoms with van der Waals surface area (Å²) in [6.45, 7) is 6.24. The van der Waals surface area contributed by atoms with Crippen LogP contribution in [-0.2, 0) is 17.3 Å². The number of carbonyl (C=O) groups excluding carboxylic acids is 1. The minimum Gasteiger partial charge on any atom is -0.475 e. The van der Waals surface area contributed by atoms with E-state index in [1.54, 1.807) is 17.8 Å². The number of carboxylic acid groups (broad SMARTS) is 1. The first-order valence-electron chi connectivity index (χ1n) is 6.09. The van der Waals surface area contributed by atoms with Crippen molar-refractivity contribution in [2.75, 3.05) is 0 Å². The second-order valence-corrected chi connectivity index (χ2v) is 5.77. The summed E-state index contributed by atoms with van der Waals surface area (Å²) in [7, 11) is 1.80. The van der Waals surface area contributed by atoms with Gasteiger partial charge in [0.2, 0.25) is 0 Å². The number of Topliss-reactive ketones (excluding diaryl/α,β-unsaturated/α-hetero) is 1. The second kappa shape index (κ2) is 4.23. The number of rotatable bonds is 2. The van der Waals surface area contributed by atoms with Crippen molar-refractivity contribution >= 4 is 22.7 Å². The zero-order valence-corrected chi connectivity index (χ0v) is 11.5. The Morgan fingerprint density at radius 3 is 2.37 bits per heavy atom. The Balaban J connectivity index is 2.73. The largest absolute Gasteiger partial charge is 0.475 e. The van der Waals surface area contributed by atoms with Gasteiger partial charge in [-0.1, -0.05) is 26.8 Å². The Morgan fingerprint density at radius 1 is 1.21 bits per heavy atom. The van der Waals surface area contributed by atoms with E-state index in [2.05, 4.69) is 20.8 Å². The van der Waals surface area contributed by atoms with Crippen LogP contribution in [0.25, 0.3) is 10.9 Å². The van der Waals surface area contributed by atoms with Gasteiger partial charge in [-0.05, 0) is 23.1 Å². The summed E-state index contributed by atoms with van der Waals surface area (Å²) in [6, 6.07) is 5.84. The molecule has 1 heterocycles. The Morgan fingerprint density at radius 2 is 1.84 bits per heavy atom. The molecule has 0 aliphatic heterocycles. The van der Waals surface area contributed by atoms with Crippen LogP contribution in [0.1, 0.15) is 36.7 Å². The molecule has 19 heavy (non-hydrogen) atoms. The van der Waals surface area contributed by atoms with Crippen LogP contribution in [-0.4, -0.2) is 21.4 Å². The smallest absolute Gasteiger partial charge is 0.377 e. The molecule has 1 N–H and O–H groups in total. The summed E-state index contributed by atoms with van der Waals surface area (Å²) < 4.78 is 1.78. The fraction of sp³-hybridized carbons (Fsp3) is 0.333. The number of benzene rings is 1. The van der Waals surface area contributed by atoms with Crippen LogP contribution in [0.5, 0.6) is 0 Å². The van der Waals surface area contributed by atoms with Crippen molar-refractivity contribution in [3.8, 4) is 0 Å². The van der Waals surface area contributed by atoms with E-state index < -0.39 is 11.8 Å². The molecule has 4 heteroatoms. The lowest BCUT2D eigenvalue weighted by Crippen LogP contribution is -2.13. The average molecular weight is 259 g/mol. The fourth-order valence-electron chi connectivity index (χ4n) is 2.15. The van der Waals surface area contributed by atoms with Crippen molar-refractivity contribution in [2.45, 2.75) is 26.2 Å². The molecule has 0 fully saturated rings. The normalized spacial score (nSPS) is 11.8. The molecule has 0 bridgehead atoms. The molecular formula is C15H17NO3. The van der Waals surface area contributed by atoms with Crippen LogP contribution in [0.3, 0.4) is 0 Å². The first kappa shape index (κ1) is 13.3. The van der Waals surface area contributed by atoms with Crippen molar-refractivity contribution < 1.29 is 14.7 Å². The summed E-state index contributed by atoms with van der Waals surface area (Å²) >= 11 is 0. The third-order valence-corrected chi connectivity index (χ3v) is 3.29. The minimum absolute atomic E-state index is 0.0480. The maximum absolute atomic E-state index is 11.7. The van der Waals surface area contributed by atoms with Crippen molar-refractivity contribution in [1.29, 1.82) is 0 Å². The number of hydrogen-bond acceptors (Lipinski definition) is 2. The molecule has 0 unspecified atom stereocenters. The highest BCUT2D eigenvalue weighted by Crippen LogP contribution is 2.28. The number of nitrogens with zero attached hydrogens (tertiary/aromatic N) is 1. The number of ketones is 1. The lowest BCUT2D eigenvalue weighted by Gasteiger charge is -2.19. The number of aliphatic carboxylic acids is 1. The van der Waals surface area contributed by atoms with Gasteiger partial charge in [0.15, 0.2) is 0 Å². The summed E-state index contributed by atoms with van der Waals surface area (Å²) in [5, 5.41) is 9.57. The highest BCUT2D eigenvalue weighted by Gasteiger charge is 2.22. The molecule has 0 atom stereocenters. The summed E-state index contributed by atoms with van der Waals surface area (Å²) in [5.74, 6) is -2.29. The van der Waals surface area contributed by atoms with Crippen LogP contribution in [0.2, 0.25) is 0 Å². The van der Waals surface area contributed by atoms with Crippen LogP contribution >= 0.6 is 0 Å². The van der Waals surface area contributed by atoms with Crippen molar-refractivity contribution in [1.82, 2.24) is 4.57 Å². The Hall–Kier alpha value is -2.10. The Labute approximate surface area is 111 Å². The van der Waals surface area contributed by atoms with E-state index in [-0.39, 0.29) is 11.0 Å². The summed E-state index contributed by atoms with van der Waals surface area (Å²) in [4.78, 5) is 22.6. The van der Waals surface area contributed by atoms with Crippen molar-refractivity contribution in [2.24, 2.45) is 7.05 Å². The molecule has 0 aliphatic carbocycles. The van der Waals surface area contributed by atoms with E-state index in [1.165, 1.54) is 0 Å². The van der Waals surface area contributed by atoms with E-state index in [4.69, 9.17) is 5.11 Å². The topological polar surface area (TPSA) is 59.3 Å². The van der Waals surface area contributed by atoms with Gasteiger partial charge < -0.3 is 9.67 Å². The highest BCUT2D eigenvalue weighted by atomic mass is 16.4. The van der Waals surface area contributed by atoms with E-state index in [0.717, 1.165) is 11.1 Å². The van der Waals surface area contributed by atoms with Crippen molar-refractivity contribution in [3.05, 3.63) is 35.5 Å². The Bertz CT molecular complexity index is 674. The van der Waals surface area contributed by atoms with Gasteiger partial charge in [-0.15, -0.1) is 0 Å². The zero-order valence-electron chi connectivity index (χ0n) is 11.5. The predicted octanol–water partition coefficient (Wildman–Crippen LogP) is 2.74. The number of carbonyl (C=O) groups is 2. The number of carboxylic acids is 1. The SMILES string of the molecule is Cn1cc(C(=O)C(=O)O)c2cc(C(C)(C)C)ccc21. The average Bonchev–Trinajstić information content (AvgIpc) is 2.64. The van der Waals surface area contributed by atoms with E-state index in [9.17, 15) is 9.59 Å². The molecule has 1 aromatic carbocycles. The summed E-state index contributed by atoms with van der Waals surface area (Å²) in [6.07, 6.45) is 1.58. The first-order valence-corrected chi connectivity index (χ1v) is 6.09.